The van der Waals surface area contributed by atoms with Gasteiger partial charge in [0.15, 0.2) is 0 Å². The molecule has 0 radical (unpaired) electrons. The van der Waals surface area contributed by atoms with E-state index < -0.39 is 18.0 Å². The van der Waals surface area contributed by atoms with Crippen LogP contribution in [0.5, 0.6) is 0 Å². The van der Waals surface area contributed by atoms with E-state index in [1.807, 2.05) is 13.8 Å². The summed E-state index contributed by atoms with van der Waals surface area (Å²) in [6, 6.07) is -1.22. The number of aliphatic carboxylic acids is 1. The molecule has 6 nitrogen and oxygen atoms in total. The highest BCUT2D eigenvalue weighted by atomic mass is 16.5. The van der Waals surface area contributed by atoms with E-state index in [-0.39, 0.29) is 24.2 Å². The molecule has 0 aromatic rings. The van der Waals surface area contributed by atoms with Crippen molar-refractivity contribution in [2.75, 3.05) is 0 Å². The van der Waals surface area contributed by atoms with Crippen LogP contribution in [0.1, 0.15) is 39.5 Å². The Morgan fingerprint density at radius 1 is 1.37 bits per heavy atom. The molecular formula is C13H22N2O4. The molecule has 108 valence electrons. The van der Waals surface area contributed by atoms with E-state index in [0.717, 1.165) is 19.3 Å². The molecule has 3 unspecified atom stereocenters. The molecule has 2 aliphatic heterocycles. The summed E-state index contributed by atoms with van der Waals surface area (Å²) in [4.78, 5) is 22.9. The molecule has 2 heterocycles. The Bertz CT molecular complexity index is 359. The first-order valence-corrected chi connectivity index (χ1v) is 6.91. The molecule has 4 atom stereocenters. The number of hydrogen-bond donors (Lipinski definition) is 3. The third-order valence-corrected chi connectivity index (χ3v) is 3.73. The molecule has 2 bridgehead atoms. The maximum absolute atomic E-state index is 11.8. The number of urea groups is 1. The van der Waals surface area contributed by atoms with Crippen LogP contribution in [0.2, 0.25) is 0 Å². The minimum Gasteiger partial charge on any atom is -0.480 e. The largest absolute Gasteiger partial charge is 0.480 e. The van der Waals surface area contributed by atoms with Gasteiger partial charge in [0.25, 0.3) is 0 Å². The Labute approximate surface area is 112 Å². The minimum atomic E-state index is -0.993. The molecule has 0 saturated carbocycles. The van der Waals surface area contributed by atoms with E-state index >= 15 is 0 Å². The lowest BCUT2D eigenvalue weighted by Crippen LogP contribution is -2.51. The van der Waals surface area contributed by atoms with Crippen LogP contribution in [-0.2, 0) is 9.53 Å². The summed E-state index contributed by atoms with van der Waals surface area (Å²) in [5, 5.41) is 14.4. The minimum absolute atomic E-state index is 0.0206. The maximum atomic E-state index is 11.8. The number of nitrogens with one attached hydrogen (secondary N) is 2. The van der Waals surface area contributed by atoms with Gasteiger partial charge in [-0.2, -0.15) is 0 Å². The predicted molar refractivity (Wildman–Crippen MR) is 68.8 cm³/mol. The third-order valence-electron chi connectivity index (χ3n) is 3.73. The first-order valence-electron chi connectivity index (χ1n) is 6.91. The molecule has 2 fully saturated rings. The summed E-state index contributed by atoms with van der Waals surface area (Å²) in [5.74, 6) is -0.778. The quantitative estimate of drug-likeness (QED) is 0.698. The standard InChI is InChI=1S/C13H22N2O4/c1-7(2)5-10(12(16)17)15-13(18)14-9-6-8-3-4-11(9)19-8/h7-11H,3-6H2,1-2H3,(H,16,17)(H2,14,15,18)/t8?,9?,10-,11?/m0/s1. The van der Waals surface area contributed by atoms with Gasteiger partial charge in [-0.1, -0.05) is 13.8 Å². The normalized spacial score (nSPS) is 30.4. The average molecular weight is 270 g/mol. The summed E-state index contributed by atoms with van der Waals surface area (Å²) >= 11 is 0. The first kappa shape index (κ1) is 14.1. The van der Waals surface area contributed by atoms with Crippen molar-refractivity contribution < 1.29 is 19.4 Å². The molecule has 6 heteroatoms. The summed E-state index contributed by atoms with van der Waals surface area (Å²) in [6.07, 6.45) is 3.67. The van der Waals surface area contributed by atoms with Crippen molar-refractivity contribution in [3.8, 4) is 0 Å². The lowest BCUT2D eigenvalue weighted by Gasteiger charge is -2.22. The number of carboxylic acids is 1. The van der Waals surface area contributed by atoms with E-state index in [1.165, 1.54) is 0 Å². The highest BCUT2D eigenvalue weighted by Crippen LogP contribution is 2.34. The van der Waals surface area contributed by atoms with Crippen LogP contribution in [0.4, 0.5) is 4.79 Å². The fourth-order valence-corrected chi connectivity index (χ4v) is 2.85. The number of carbonyl (C=O) groups excluding carboxylic acids is 1. The average Bonchev–Trinajstić information content (AvgIpc) is 2.89. The monoisotopic (exact) mass is 270 g/mol. The molecule has 2 amide bonds. The Morgan fingerprint density at radius 3 is 2.58 bits per heavy atom. The van der Waals surface area contributed by atoms with E-state index in [0.29, 0.717) is 6.42 Å². The van der Waals surface area contributed by atoms with E-state index in [4.69, 9.17) is 9.84 Å². The summed E-state index contributed by atoms with van der Waals surface area (Å²) in [7, 11) is 0. The molecule has 0 spiro atoms. The first-order chi connectivity index (χ1) is 8.95. The van der Waals surface area contributed by atoms with Gasteiger partial charge >= 0.3 is 12.0 Å². The smallest absolute Gasteiger partial charge is 0.326 e. The number of amides is 2. The number of fused-ring (bicyclic) bond motifs is 2. The van der Waals surface area contributed by atoms with Gasteiger partial charge in [-0.25, -0.2) is 9.59 Å². The second-order valence-corrected chi connectivity index (χ2v) is 5.85. The zero-order valence-electron chi connectivity index (χ0n) is 11.4. The number of ether oxygens (including phenoxy) is 1. The van der Waals surface area contributed by atoms with Crippen molar-refractivity contribution >= 4 is 12.0 Å². The number of hydrogen-bond acceptors (Lipinski definition) is 3. The van der Waals surface area contributed by atoms with Gasteiger partial charge in [0, 0.05) is 0 Å². The van der Waals surface area contributed by atoms with Gasteiger partial charge in [-0.3, -0.25) is 0 Å². The topological polar surface area (TPSA) is 87.7 Å². The van der Waals surface area contributed by atoms with Crippen molar-refractivity contribution in [1.29, 1.82) is 0 Å². The SMILES string of the molecule is CC(C)C[C@H](NC(=O)NC1CC2CCC1O2)C(=O)O. The molecule has 2 aliphatic rings. The fraction of sp³-hybridized carbons (Fsp3) is 0.846. The Kier molecular flexibility index (Phi) is 4.29. The molecule has 0 aliphatic carbocycles. The van der Waals surface area contributed by atoms with Crippen LogP contribution in [0.3, 0.4) is 0 Å². The molecule has 0 aromatic carbocycles. The van der Waals surface area contributed by atoms with Crippen LogP contribution in [0.25, 0.3) is 0 Å². The van der Waals surface area contributed by atoms with Crippen LogP contribution in [-0.4, -0.2) is 41.4 Å². The van der Waals surface area contributed by atoms with E-state index in [9.17, 15) is 9.59 Å². The van der Waals surface area contributed by atoms with Crippen LogP contribution in [0, 0.1) is 5.92 Å². The Morgan fingerprint density at radius 2 is 2.11 bits per heavy atom. The highest BCUT2D eigenvalue weighted by Gasteiger charge is 2.41. The highest BCUT2D eigenvalue weighted by molar-refractivity contribution is 5.82. The third kappa shape index (κ3) is 3.59. The van der Waals surface area contributed by atoms with Crippen molar-refractivity contribution in [2.45, 2.75) is 63.8 Å². The fourth-order valence-electron chi connectivity index (χ4n) is 2.85. The summed E-state index contributed by atoms with van der Waals surface area (Å²) < 4.78 is 5.64. The number of rotatable bonds is 5. The van der Waals surface area contributed by atoms with Gasteiger partial charge in [-0.15, -0.1) is 0 Å². The predicted octanol–water partition coefficient (Wildman–Crippen LogP) is 1.10. The number of carboxylic acid groups (broad SMARTS) is 1. The van der Waals surface area contributed by atoms with Gasteiger partial charge in [0.2, 0.25) is 0 Å². The molecule has 3 N–H and O–H groups in total. The van der Waals surface area contributed by atoms with Gasteiger partial charge in [0.1, 0.15) is 6.04 Å². The van der Waals surface area contributed by atoms with E-state index in [1.54, 1.807) is 0 Å². The van der Waals surface area contributed by atoms with Crippen molar-refractivity contribution in [1.82, 2.24) is 10.6 Å². The lowest BCUT2D eigenvalue weighted by molar-refractivity contribution is -0.139. The van der Waals surface area contributed by atoms with Crippen molar-refractivity contribution in [2.24, 2.45) is 5.92 Å². The van der Waals surface area contributed by atoms with Gasteiger partial charge < -0.3 is 20.5 Å². The Hall–Kier alpha value is -1.30. The van der Waals surface area contributed by atoms with Gasteiger partial charge in [0.05, 0.1) is 18.2 Å². The van der Waals surface area contributed by atoms with Crippen molar-refractivity contribution in [3.63, 3.8) is 0 Å². The molecule has 2 rings (SSSR count). The molecular weight excluding hydrogens is 248 g/mol. The molecule has 2 saturated heterocycles. The molecule has 19 heavy (non-hydrogen) atoms. The van der Waals surface area contributed by atoms with Crippen LogP contribution < -0.4 is 10.6 Å². The zero-order chi connectivity index (χ0) is 14.0. The maximum Gasteiger partial charge on any atom is 0.326 e. The van der Waals surface area contributed by atoms with Gasteiger partial charge in [-0.05, 0) is 31.6 Å². The molecule has 0 aromatic heterocycles. The number of carbonyl (C=O) groups is 2. The van der Waals surface area contributed by atoms with Crippen molar-refractivity contribution in [3.05, 3.63) is 0 Å². The second-order valence-electron chi connectivity index (χ2n) is 5.85. The second kappa shape index (κ2) is 5.77. The van der Waals surface area contributed by atoms with Crippen LogP contribution >= 0.6 is 0 Å². The van der Waals surface area contributed by atoms with Crippen LogP contribution in [0.15, 0.2) is 0 Å². The summed E-state index contributed by atoms with van der Waals surface area (Å²) in [5.41, 5.74) is 0. The zero-order valence-corrected chi connectivity index (χ0v) is 11.4. The lowest BCUT2D eigenvalue weighted by atomic mass is 9.96. The van der Waals surface area contributed by atoms with E-state index in [2.05, 4.69) is 10.6 Å². The Balaban J connectivity index is 1.81. The summed E-state index contributed by atoms with van der Waals surface area (Å²) in [6.45, 7) is 3.86.